The molecule has 0 heterocycles. The van der Waals surface area contributed by atoms with E-state index in [9.17, 15) is 0 Å². The molecule has 0 spiro atoms. The third-order valence-corrected chi connectivity index (χ3v) is 11.9. The van der Waals surface area contributed by atoms with Crippen molar-refractivity contribution in [3.05, 3.63) is 59.2 Å². The molecule has 0 aliphatic heterocycles. The topological polar surface area (TPSA) is 0 Å². The van der Waals surface area contributed by atoms with Crippen LogP contribution in [-0.2, 0) is 6.42 Å². The first-order valence-electron chi connectivity index (χ1n) is 9.59. The van der Waals surface area contributed by atoms with E-state index >= 15 is 0 Å². The summed E-state index contributed by atoms with van der Waals surface area (Å²) in [4.78, 5) is 0. The summed E-state index contributed by atoms with van der Waals surface area (Å²) < 4.78 is 0. The van der Waals surface area contributed by atoms with Gasteiger partial charge in [-0.1, -0.05) is 105 Å². The smallest absolute Gasteiger partial charge is 0.0675 e. The van der Waals surface area contributed by atoms with Gasteiger partial charge < -0.3 is 0 Å². The second kappa shape index (κ2) is 7.10. The molecule has 126 valence electrons. The van der Waals surface area contributed by atoms with E-state index in [0.717, 1.165) is 12.8 Å². The largest absolute Gasteiger partial charge is 0.0859 e. The van der Waals surface area contributed by atoms with Crippen LogP contribution in [0.15, 0.2) is 48.0 Å². The summed E-state index contributed by atoms with van der Waals surface area (Å²) in [6.45, 7) is 9.41. The molecule has 24 heavy (non-hydrogen) atoms. The Morgan fingerprint density at radius 2 is 1.50 bits per heavy atom. The highest BCUT2D eigenvalue weighted by molar-refractivity contribution is 6.91. The van der Waals surface area contributed by atoms with Gasteiger partial charge in [-0.25, -0.2) is 0 Å². The SMILES string of the molecule is CCC1=Cc2c(cccc2-c2ccc([Si](CC)(CC)CC)cc2)C1. The fourth-order valence-corrected chi connectivity index (χ4v) is 7.88. The van der Waals surface area contributed by atoms with Crippen LogP contribution in [0.4, 0.5) is 0 Å². The molecule has 0 N–H and O–H groups in total. The highest BCUT2D eigenvalue weighted by atomic mass is 28.3. The summed E-state index contributed by atoms with van der Waals surface area (Å²) in [5.74, 6) is 0. The predicted octanol–water partition coefficient (Wildman–Crippen LogP) is 6.42. The lowest BCUT2D eigenvalue weighted by Crippen LogP contribution is -2.45. The van der Waals surface area contributed by atoms with Crippen LogP contribution in [0.5, 0.6) is 0 Å². The summed E-state index contributed by atoms with van der Waals surface area (Å²) in [6, 6.07) is 20.4. The van der Waals surface area contributed by atoms with Crippen LogP contribution in [-0.4, -0.2) is 8.07 Å². The minimum absolute atomic E-state index is 1.13. The maximum Gasteiger partial charge on any atom is 0.0859 e. The number of allylic oxidation sites excluding steroid dienone is 1. The standard InChI is InChI=1S/C23H30Si/c1-5-18-16-20-10-9-11-22(23(20)17-18)19-12-14-21(15-13-19)24(6-2,7-3)8-4/h9-15,17H,5-8,16H2,1-4H3. The van der Waals surface area contributed by atoms with Crippen LogP contribution in [0, 0.1) is 0 Å². The van der Waals surface area contributed by atoms with Gasteiger partial charge in [0, 0.05) is 0 Å². The minimum Gasteiger partial charge on any atom is -0.0675 e. The van der Waals surface area contributed by atoms with Gasteiger partial charge in [0.1, 0.15) is 0 Å². The Hall–Kier alpha value is -1.60. The van der Waals surface area contributed by atoms with Gasteiger partial charge in [0.25, 0.3) is 0 Å². The monoisotopic (exact) mass is 334 g/mol. The molecule has 1 aliphatic rings. The molecule has 0 radical (unpaired) electrons. The molecule has 0 bridgehead atoms. The van der Waals surface area contributed by atoms with Crippen molar-refractivity contribution in [1.82, 2.24) is 0 Å². The van der Waals surface area contributed by atoms with E-state index < -0.39 is 8.07 Å². The van der Waals surface area contributed by atoms with Gasteiger partial charge in [-0.2, -0.15) is 0 Å². The summed E-state index contributed by atoms with van der Waals surface area (Å²) in [6.07, 6.45) is 4.71. The van der Waals surface area contributed by atoms with E-state index in [-0.39, 0.29) is 0 Å². The second-order valence-corrected chi connectivity index (χ2v) is 12.4. The summed E-state index contributed by atoms with van der Waals surface area (Å²) >= 11 is 0. The molecule has 2 aromatic carbocycles. The number of hydrogen-bond donors (Lipinski definition) is 0. The van der Waals surface area contributed by atoms with Crippen molar-refractivity contribution >= 4 is 19.3 Å². The van der Waals surface area contributed by atoms with E-state index in [1.54, 1.807) is 10.8 Å². The third kappa shape index (κ3) is 2.91. The van der Waals surface area contributed by atoms with Gasteiger partial charge in [0.15, 0.2) is 0 Å². The Bertz CT molecular complexity index is 725. The molecule has 3 rings (SSSR count). The fourth-order valence-electron chi connectivity index (χ4n) is 4.28. The molecule has 0 unspecified atom stereocenters. The quantitative estimate of drug-likeness (QED) is 0.535. The molecule has 0 aromatic heterocycles. The van der Waals surface area contributed by atoms with Gasteiger partial charge in [0.05, 0.1) is 8.07 Å². The number of rotatable bonds is 6. The van der Waals surface area contributed by atoms with E-state index in [0.29, 0.717) is 0 Å². The number of benzene rings is 2. The maximum atomic E-state index is 2.43. The van der Waals surface area contributed by atoms with Crippen LogP contribution in [0.25, 0.3) is 17.2 Å². The molecule has 0 atom stereocenters. The summed E-state index contributed by atoms with van der Waals surface area (Å²) in [5, 5.41) is 1.64. The minimum atomic E-state index is -1.27. The zero-order valence-corrected chi connectivity index (χ0v) is 16.7. The van der Waals surface area contributed by atoms with E-state index in [2.05, 4.69) is 76.2 Å². The first-order chi connectivity index (χ1) is 11.7. The maximum absolute atomic E-state index is 2.43. The lowest BCUT2D eigenvalue weighted by Gasteiger charge is -2.28. The highest BCUT2D eigenvalue weighted by Crippen LogP contribution is 2.35. The molecule has 0 amide bonds. The van der Waals surface area contributed by atoms with Crippen molar-refractivity contribution in [3.63, 3.8) is 0 Å². The number of fused-ring (bicyclic) bond motifs is 1. The Labute approximate surface area is 148 Å². The van der Waals surface area contributed by atoms with Crippen LogP contribution in [0.2, 0.25) is 18.1 Å². The zero-order valence-electron chi connectivity index (χ0n) is 15.7. The lowest BCUT2D eigenvalue weighted by molar-refractivity contribution is 1.04. The van der Waals surface area contributed by atoms with Gasteiger partial charge in [0.2, 0.25) is 0 Å². The first-order valence-corrected chi connectivity index (χ1v) is 12.2. The van der Waals surface area contributed by atoms with Gasteiger partial charge in [-0.15, -0.1) is 0 Å². The Kier molecular flexibility index (Phi) is 5.10. The van der Waals surface area contributed by atoms with Gasteiger partial charge >= 0.3 is 0 Å². The van der Waals surface area contributed by atoms with Crippen LogP contribution < -0.4 is 5.19 Å². The molecular weight excluding hydrogens is 304 g/mol. The third-order valence-electron chi connectivity index (χ3n) is 6.26. The van der Waals surface area contributed by atoms with Crippen LogP contribution >= 0.6 is 0 Å². The van der Waals surface area contributed by atoms with Crippen molar-refractivity contribution < 1.29 is 0 Å². The molecular formula is C23H30Si. The number of hydrogen-bond acceptors (Lipinski definition) is 0. The lowest BCUT2D eigenvalue weighted by atomic mass is 9.97. The summed E-state index contributed by atoms with van der Waals surface area (Å²) in [7, 11) is -1.27. The highest BCUT2D eigenvalue weighted by Gasteiger charge is 2.28. The molecule has 2 aromatic rings. The van der Waals surface area contributed by atoms with Crippen LogP contribution in [0.1, 0.15) is 45.2 Å². The summed E-state index contributed by atoms with van der Waals surface area (Å²) in [5.41, 5.74) is 7.28. The second-order valence-electron chi connectivity index (χ2n) is 7.13. The molecule has 1 aliphatic carbocycles. The Morgan fingerprint density at radius 3 is 2.08 bits per heavy atom. The van der Waals surface area contributed by atoms with Crippen molar-refractivity contribution in [2.75, 3.05) is 0 Å². The van der Waals surface area contributed by atoms with Crippen molar-refractivity contribution in [2.45, 2.75) is 58.7 Å². The van der Waals surface area contributed by atoms with Crippen molar-refractivity contribution in [1.29, 1.82) is 0 Å². The molecule has 0 fully saturated rings. The average Bonchev–Trinajstić information content (AvgIpc) is 3.07. The molecule has 0 saturated carbocycles. The van der Waals surface area contributed by atoms with Crippen molar-refractivity contribution in [3.8, 4) is 11.1 Å². The molecule has 0 saturated heterocycles. The molecule has 1 heteroatoms. The van der Waals surface area contributed by atoms with Crippen molar-refractivity contribution in [2.24, 2.45) is 0 Å². The fraction of sp³-hybridized carbons (Fsp3) is 0.391. The Morgan fingerprint density at radius 1 is 0.833 bits per heavy atom. The van der Waals surface area contributed by atoms with Crippen LogP contribution in [0.3, 0.4) is 0 Å². The van der Waals surface area contributed by atoms with E-state index in [4.69, 9.17) is 0 Å². The van der Waals surface area contributed by atoms with Gasteiger partial charge in [-0.05, 0) is 35.1 Å². The zero-order chi connectivity index (χ0) is 17.2. The predicted molar refractivity (Wildman–Crippen MR) is 111 cm³/mol. The Balaban J connectivity index is 1.99. The molecule has 0 nitrogen and oxygen atoms in total. The first kappa shape index (κ1) is 17.2. The average molecular weight is 335 g/mol. The van der Waals surface area contributed by atoms with E-state index in [1.807, 2.05) is 0 Å². The normalized spacial score (nSPS) is 13.8. The van der Waals surface area contributed by atoms with Gasteiger partial charge in [-0.3, -0.25) is 0 Å². The van der Waals surface area contributed by atoms with E-state index in [1.165, 1.54) is 40.4 Å².